The summed E-state index contributed by atoms with van der Waals surface area (Å²) in [6.07, 6.45) is 2.90. The van der Waals surface area contributed by atoms with Gasteiger partial charge < -0.3 is 16.2 Å². The molecule has 1 amide bonds. The number of amides is 1. The van der Waals surface area contributed by atoms with Crippen molar-refractivity contribution in [2.75, 3.05) is 6.54 Å². The van der Waals surface area contributed by atoms with E-state index >= 15 is 0 Å². The van der Waals surface area contributed by atoms with Gasteiger partial charge in [-0.15, -0.1) is 0 Å². The van der Waals surface area contributed by atoms with Crippen molar-refractivity contribution >= 4 is 5.91 Å². The van der Waals surface area contributed by atoms with Crippen LogP contribution in [0.25, 0.3) is 0 Å². The van der Waals surface area contributed by atoms with Gasteiger partial charge in [-0.2, -0.15) is 0 Å². The van der Waals surface area contributed by atoms with Crippen LogP contribution in [0.5, 0.6) is 0 Å². The first-order chi connectivity index (χ1) is 7.49. The van der Waals surface area contributed by atoms with E-state index in [9.17, 15) is 9.90 Å². The molecule has 94 valence electrons. The number of carbonyl (C=O) groups is 1. The first-order valence-electron chi connectivity index (χ1n) is 6.20. The lowest BCUT2D eigenvalue weighted by atomic mass is 10.0. The number of carbonyl (C=O) groups excluding carboxylic acids is 1. The number of hydrogen-bond donors (Lipinski definition) is 3. The van der Waals surface area contributed by atoms with E-state index in [1.54, 1.807) is 0 Å². The molecule has 1 aliphatic carbocycles. The molecule has 0 aromatic heterocycles. The monoisotopic (exact) mass is 228 g/mol. The van der Waals surface area contributed by atoms with Gasteiger partial charge in [0.2, 0.25) is 5.91 Å². The molecule has 16 heavy (non-hydrogen) atoms. The van der Waals surface area contributed by atoms with Crippen LogP contribution in [0.15, 0.2) is 0 Å². The van der Waals surface area contributed by atoms with Crippen LogP contribution in [0, 0.1) is 11.8 Å². The third-order valence-corrected chi connectivity index (χ3v) is 3.10. The Labute approximate surface area is 97.6 Å². The maximum atomic E-state index is 11.7. The van der Waals surface area contributed by atoms with Crippen LogP contribution in [-0.2, 0) is 4.79 Å². The standard InChI is InChI=1S/C12H24N2O2/c1-8(2)5-11(15)7-14-12(16)9-3-4-10(13)6-9/h8-11,15H,3-7,13H2,1-2H3,(H,14,16). The van der Waals surface area contributed by atoms with Crippen LogP contribution in [0.1, 0.15) is 39.5 Å². The van der Waals surface area contributed by atoms with E-state index in [-0.39, 0.29) is 17.9 Å². The number of nitrogens with one attached hydrogen (secondary N) is 1. The molecule has 1 saturated carbocycles. The van der Waals surface area contributed by atoms with Crippen molar-refractivity contribution in [1.29, 1.82) is 0 Å². The fraction of sp³-hybridized carbons (Fsp3) is 0.917. The number of aliphatic hydroxyl groups excluding tert-OH is 1. The molecule has 0 saturated heterocycles. The second kappa shape index (κ2) is 6.21. The number of rotatable bonds is 5. The van der Waals surface area contributed by atoms with Crippen LogP contribution in [0.2, 0.25) is 0 Å². The summed E-state index contributed by atoms with van der Waals surface area (Å²) in [7, 11) is 0. The van der Waals surface area contributed by atoms with Gasteiger partial charge in [0.25, 0.3) is 0 Å². The molecule has 0 aromatic rings. The van der Waals surface area contributed by atoms with Crippen molar-refractivity contribution in [3.05, 3.63) is 0 Å². The van der Waals surface area contributed by atoms with Gasteiger partial charge in [-0.1, -0.05) is 13.8 Å². The van der Waals surface area contributed by atoms with E-state index < -0.39 is 6.10 Å². The third-order valence-electron chi connectivity index (χ3n) is 3.10. The van der Waals surface area contributed by atoms with Gasteiger partial charge in [-0.3, -0.25) is 4.79 Å². The fourth-order valence-electron chi connectivity index (χ4n) is 2.24. The van der Waals surface area contributed by atoms with Crippen LogP contribution < -0.4 is 11.1 Å². The number of nitrogens with two attached hydrogens (primary N) is 1. The Kier molecular flexibility index (Phi) is 5.22. The molecule has 0 spiro atoms. The minimum atomic E-state index is -0.431. The SMILES string of the molecule is CC(C)CC(O)CNC(=O)C1CCC(N)C1. The van der Waals surface area contributed by atoms with Crippen molar-refractivity contribution in [1.82, 2.24) is 5.32 Å². The molecule has 3 atom stereocenters. The molecule has 1 fully saturated rings. The van der Waals surface area contributed by atoms with Crippen molar-refractivity contribution in [2.45, 2.75) is 51.7 Å². The maximum absolute atomic E-state index is 11.7. The van der Waals surface area contributed by atoms with E-state index in [0.29, 0.717) is 12.5 Å². The molecule has 1 aliphatic rings. The van der Waals surface area contributed by atoms with E-state index in [4.69, 9.17) is 5.73 Å². The lowest BCUT2D eigenvalue weighted by Gasteiger charge is -2.16. The molecule has 0 aromatic carbocycles. The third kappa shape index (κ3) is 4.49. The van der Waals surface area contributed by atoms with E-state index in [2.05, 4.69) is 19.2 Å². The minimum absolute atomic E-state index is 0.0516. The topological polar surface area (TPSA) is 75.3 Å². The molecule has 4 N–H and O–H groups in total. The van der Waals surface area contributed by atoms with Gasteiger partial charge in [0.15, 0.2) is 0 Å². The zero-order chi connectivity index (χ0) is 12.1. The highest BCUT2D eigenvalue weighted by Crippen LogP contribution is 2.23. The summed E-state index contributed by atoms with van der Waals surface area (Å²) in [6, 6.07) is 0.177. The first-order valence-corrected chi connectivity index (χ1v) is 6.20. The molecule has 0 aliphatic heterocycles. The smallest absolute Gasteiger partial charge is 0.223 e. The predicted molar refractivity (Wildman–Crippen MR) is 63.8 cm³/mol. The van der Waals surface area contributed by atoms with E-state index in [1.807, 2.05) is 0 Å². The summed E-state index contributed by atoms with van der Waals surface area (Å²) in [6.45, 7) is 4.48. The average molecular weight is 228 g/mol. The Bertz CT molecular complexity index is 231. The average Bonchev–Trinajstić information content (AvgIpc) is 2.60. The van der Waals surface area contributed by atoms with E-state index in [1.165, 1.54) is 0 Å². The van der Waals surface area contributed by atoms with Gasteiger partial charge in [-0.05, 0) is 31.6 Å². The molecule has 0 heterocycles. The zero-order valence-corrected chi connectivity index (χ0v) is 10.3. The minimum Gasteiger partial charge on any atom is -0.391 e. The number of aliphatic hydroxyl groups is 1. The summed E-state index contributed by atoms with van der Waals surface area (Å²) >= 11 is 0. The summed E-state index contributed by atoms with van der Waals surface area (Å²) in [5, 5.41) is 12.4. The zero-order valence-electron chi connectivity index (χ0n) is 10.3. The quantitative estimate of drug-likeness (QED) is 0.646. The van der Waals surface area contributed by atoms with Gasteiger partial charge in [-0.25, -0.2) is 0 Å². The molecule has 0 radical (unpaired) electrons. The van der Waals surface area contributed by atoms with Crippen molar-refractivity contribution in [2.24, 2.45) is 17.6 Å². The Hall–Kier alpha value is -0.610. The highest BCUT2D eigenvalue weighted by Gasteiger charge is 2.27. The normalized spacial score (nSPS) is 27.1. The van der Waals surface area contributed by atoms with Gasteiger partial charge in [0, 0.05) is 18.5 Å². The molecular weight excluding hydrogens is 204 g/mol. The summed E-state index contributed by atoms with van der Waals surface area (Å²) in [5.74, 6) is 0.559. The lowest BCUT2D eigenvalue weighted by molar-refractivity contribution is -0.125. The molecule has 4 heteroatoms. The first kappa shape index (κ1) is 13.5. The van der Waals surface area contributed by atoms with Gasteiger partial charge in [0.05, 0.1) is 6.10 Å². The van der Waals surface area contributed by atoms with Gasteiger partial charge >= 0.3 is 0 Å². The highest BCUT2D eigenvalue weighted by molar-refractivity contribution is 5.79. The Morgan fingerprint density at radius 1 is 1.50 bits per heavy atom. The van der Waals surface area contributed by atoms with E-state index in [0.717, 1.165) is 25.7 Å². The number of hydrogen-bond acceptors (Lipinski definition) is 3. The molecular formula is C12H24N2O2. The largest absolute Gasteiger partial charge is 0.391 e. The Balaban J connectivity index is 2.19. The van der Waals surface area contributed by atoms with Crippen molar-refractivity contribution in [3.8, 4) is 0 Å². The maximum Gasteiger partial charge on any atom is 0.223 e. The van der Waals surface area contributed by atoms with Crippen molar-refractivity contribution < 1.29 is 9.90 Å². The Morgan fingerprint density at radius 3 is 2.69 bits per heavy atom. The van der Waals surface area contributed by atoms with Gasteiger partial charge in [0.1, 0.15) is 0 Å². The summed E-state index contributed by atoms with van der Waals surface area (Å²) in [4.78, 5) is 11.7. The molecule has 3 unspecified atom stereocenters. The second-order valence-corrected chi connectivity index (χ2v) is 5.30. The van der Waals surface area contributed by atoms with Crippen LogP contribution in [0.3, 0.4) is 0 Å². The van der Waals surface area contributed by atoms with Crippen molar-refractivity contribution in [3.63, 3.8) is 0 Å². The van der Waals surface area contributed by atoms with Crippen LogP contribution >= 0.6 is 0 Å². The van der Waals surface area contributed by atoms with Crippen LogP contribution in [0.4, 0.5) is 0 Å². The lowest BCUT2D eigenvalue weighted by Crippen LogP contribution is -2.36. The molecule has 4 nitrogen and oxygen atoms in total. The summed E-state index contributed by atoms with van der Waals surface area (Å²) in [5.41, 5.74) is 5.76. The van der Waals surface area contributed by atoms with Crippen LogP contribution in [-0.4, -0.2) is 29.7 Å². The molecule has 0 bridgehead atoms. The Morgan fingerprint density at radius 2 is 2.19 bits per heavy atom. The molecule has 1 rings (SSSR count). The second-order valence-electron chi connectivity index (χ2n) is 5.30. The highest BCUT2D eigenvalue weighted by atomic mass is 16.3. The predicted octanol–water partition coefficient (Wildman–Crippen LogP) is 0.637. The summed E-state index contributed by atoms with van der Waals surface area (Å²) < 4.78 is 0. The fourth-order valence-corrected chi connectivity index (χ4v) is 2.24.